The van der Waals surface area contributed by atoms with Crippen LogP contribution in [0.3, 0.4) is 0 Å². The first kappa shape index (κ1) is 18.7. The Morgan fingerprint density at radius 3 is 2.42 bits per heavy atom. The third-order valence-corrected chi connectivity index (χ3v) is 5.71. The smallest absolute Gasteiger partial charge is 0.331 e. The van der Waals surface area contributed by atoms with E-state index < -0.39 is 11.5 Å². The lowest BCUT2D eigenvalue weighted by Gasteiger charge is -2.40. The fourth-order valence-corrected chi connectivity index (χ4v) is 3.88. The lowest BCUT2D eigenvalue weighted by atomic mass is 9.86. The number of aromatic nitrogens is 2. The highest BCUT2D eigenvalue weighted by Gasteiger charge is 2.45. The van der Waals surface area contributed by atoms with Gasteiger partial charge in [0.25, 0.3) is 0 Å². The SMILES string of the molecule is CC(C)(C)c1ccn(C2(C(=O)O)CCN(C(=O)[C@@H]3CC=CCC3)CC2)n1. The molecule has 0 unspecified atom stereocenters. The van der Waals surface area contributed by atoms with Gasteiger partial charge in [0.1, 0.15) is 0 Å². The summed E-state index contributed by atoms with van der Waals surface area (Å²) in [5.41, 5.74) is -0.311. The molecule has 0 radical (unpaired) electrons. The minimum atomic E-state index is -1.06. The Labute approximate surface area is 154 Å². The summed E-state index contributed by atoms with van der Waals surface area (Å²) in [4.78, 5) is 26.7. The zero-order valence-electron chi connectivity index (χ0n) is 15.9. The molecule has 1 fully saturated rings. The lowest BCUT2D eigenvalue weighted by Crippen LogP contribution is -2.53. The number of allylic oxidation sites excluding steroid dienone is 2. The van der Waals surface area contributed by atoms with Crippen molar-refractivity contribution in [3.8, 4) is 0 Å². The average molecular weight is 359 g/mol. The number of carbonyl (C=O) groups is 2. The standard InChI is InChI=1S/C20H29N3O3/c1-19(2,3)16-9-12-23(21-16)20(18(25)26)10-13-22(14-11-20)17(24)15-7-5-4-6-8-15/h4-5,9,12,15H,6-8,10-11,13-14H2,1-3H3,(H,25,26)/t15-/m1/s1. The second kappa shape index (κ2) is 6.89. The summed E-state index contributed by atoms with van der Waals surface area (Å²) in [7, 11) is 0. The van der Waals surface area contributed by atoms with Gasteiger partial charge < -0.3 is 10.0 Å². The van der Waals surface area contributed by atoms with Crippen LogP contribution in [0.5, 0.6) is 0 Å². The van der Waals surface area contributed by atoms with Gasteiger partial charge in [-0.15, -0.1) is 0 Å². The third-order valence-electron chi connectivity index (χ3n) is 5.71. The van der Waals surface area contributed by atoms with E-state index in [0.29, 0.717) is 25.9 Å². The van der Waals surface area contributed by atoms with E-state index in [0.717, 1.165) is 25.0 Å². The van der Waals surface area contributed by atoms with Crippen molar-refractivity contribution in [1.29, 1.82) is 0 Å². The highest BCUT2D eigenvalue weighted by Crippen LogP contribution is 2.33. The molecule has 142 valence electrons. The van der Waals surface area contributed by atoms with Crippen LogP contribution in [0.1, 0.15) is 58.6 Å². The molecule has 0 bridgehead atoms. The van der Waals surface area contributed by atoms with Crippen molar-refractivity contribution in [2.24, 2.45) is 5.92 Å². The second-order valence-corrected chi connectivity index (χ2v) is 8.54. The summed E-state index contributed by atoms with van der Waals surface area (Å²) < 4.78 is 1.61. The number of amides is 1. The number of hydrogen-bond donors (Lipinski definition) is 1. The van der Waals surface area contributed by atoms with Gasteiger partial charge in [0, 0.05) is 43.5 Å². The number of piperidine rings is 1. The number of nitrogens with zero attached hydrogens (tertiary/aromatic N) is 3. The van der Waals surface area contributed by atoms with Gasteiger partial charge in [0.05, 0.1) is 5.69 Å². The van der Waals surface area contributed by atoms with E-state index in [2.05, 4.69) is 38.0 Å². The van der Waals surface area contributed by atoms with Crippen molar-refractivity contribution >= 4 is 11.9 Å². The molecule has 6 heteroatoms. The second-order valence-electron chi connectivity index (χ2n) is 8.54. The molecule has 1 saturated heterocycles. The van der Waals surface area contributed by atoms with Crippen molar-refractivity contribution in [2.75, 3.05) is 13.1 Å². The highest BCUT2D eigenvalue weighted by molar-refractivity contribution is 5.81. The number of carboxylic acids is 1. The largest absolute Gasteiger partial charge is 0.479 e. The van der Waals surface area contributed by atoms with Crippen LogP contribution in [0.25, 0.3) is 0 Å². The molecule has 6 nitrogen and oxygen atoms in total. The molecule has 1 amide bonds. The van der Waals surface area contributed by atoms with Crippen molar-refractivity contribution in [3.63, 3.8) is 0 Å². The van der Waals surface area contributed by atoms with Crippen LogP contribution < -0.4 is 0 Å². The zero-order valence-corrected chi connectivity index (χ0v) is 15.9. The fraction of sp³-hybridized carbons (Fsp3) is 0.650. The molecule has 1 aliphatic carbocycles. The first-order chi connectivity index (χ1) is 12.2. The molecule has 1 N–H and O–H groups in total. The Bertz CT molecular complexity index is 706. The van der Waals surface area contributed by atoms with Crippen LogP contribution in [0.15, 0.2) is 24.4 Å². The van der Waals surface area contributed by atoms with Crippen molar-refractivity contribution in [2.45, 2.75) is 63.8 Å². The lowest BCUT2D eigenvalue weighted by molar-refractivity contribution is -0.154. The normalized spacial score (nSPS) is 23.0. The van der Waals surface area contributed by atoms with Gasteiger partial charge in [-0.25, -0.2) is 4.79 Å². The van der Waals surface area contributed by atoms with Crippen molar-refractivity contribution in [3.05, 3.63) is 30.1 Å². The molecule has 0 aromatic carbocycles. The van der Waals surface area contributed by atoms with Gasteiger partial charge in [-0.3, -0.25) is 9.48 Å². The molecule has 1 aliphatic heterocycles. The molecular formula is C20H29N3O3. The van der Waals surface area contributed by atoms with E-state index in [9.17, 15) is 14.7 Å². The molecule has 3 rings (SSSR count). The average Bonchev–Trinajstić information content (AvgIpc) is 3.13. The van der Waals surface area contributed by atoms with E-state index >= 15 is 0 Å². The summed E-state index contributed by atoms with van der Waals surface area (Å²) in [6, 6.07) is 1.90. The summed E-state index contributed by atoms with van der Waals surface area (Å²) >= 11 is 0. The first-order valence-corrected chi connectivity index (χ1v) is 9.48. The fourth-order valence-electron chi connectivity index (χ4n) is 3.88. The predicted molar refractivity (Wildman–Crippen MR) is 98.8 cm³/mol. The number of carbonyl (C=O) groups excluding carboxylic acids is 1. The Kier molecular flexibility index (Phi) is 4.95. The van der Waals surface area contributed by atoms with Crippen LogP contribution in [0.4, 0.5) is 0 Å². The van der Waals surface area contributed by atoms with Crippen molar-refractivity contribution in [1.82, 2.24) is 14.7 Å². The highest BCUT2D eigenvalue weighted by atomic mass is 16.4. The van der Waals surface area contributed by atoms with Crippen LogP contribution in [-0.2, 0) is 20.5 Å². The molecule has 1 atom stereocenters. The topological polar surface area (TPSA) is 75.4 Å². The quantitative estimate of drug-likeness (QED) is 0.842. The van der Waals surface area contributed by atoms with E-state index in [-0.39, 0.29) is 17.2 Å². The summed E-state index contributed by atoms with van der Waals surface area (Å²) in [6.45, 7) is 7.12. The Morgan fingerprint density at radius 2 is 1.92 bits per heavy atom. The molecular weight excluding hydrogens is 330 g/mol. The molecule has 1 aromatic heterocycles. The van der Waals surface area contributed by atoms with E-state index in [1.807, 2.05) is 11.0 Å². The van der Waals surface area contributed by atoms with Gasteiger partial charge in [-0.05, 0) is 25.3 Å². The van der Waals surface area contributed by atoms with E-state index in [4.69, 9.17) is 0 Å². The van der Waals surface area contributed by atoms with Crippen LogP contribution >= 0.6 is 0 Å². The number of rotatable bonds is 3. The maximum Gasteiger partial charge on any atom is 0.331 e. The summed E-state index contributed by atoms with van der Waals surface area (Å²) in [6.07, 6.45) is 9.40. The number of carboxylic acid groups (broad SMARTS) is 1. The number of hydrogen-bond acceptors (Lipinski definition) is 3. The number of likely N-dealkylation sites (tertiary alicyclic amines) is 1. The maximum atomic E-state index is 12.7. The van der Waals surface area contributed by atoms with E-state index in [1.165, 1.54) is 0 Å². The zero-order chi connectivity index (χ0) is 18.9. The Morgan fingerprint density at radius 1 is 1.23 bits per heavy atom. The van der Waals surface area contributed by atoms with Gasteiger partial charge in [0.15, 0.2) is 5.54 Å². The van der Waals surface area contributed by atoms with Gasteiger partial charge in [0.2, 0.25) is 5.91 Å². The number of aliphatic carboxylic acids is 1. The Hall–Kier alpha value is -2.11. The van der Waals surface area contributed by atoms with Gasteiger partial charge in [-0.2, -0.15) is 5.10 Å². The predicted octanol–water partition coefficient (Wildman–Crippen LogP) is 2.94. The maximum absolute atomic E-state index is 12.7. The minimum Gasteiger partial charge on any atom is -0.479 e. The molecule has 0 saturated carbocycles. The summed E-state index contributed by atoms with van der Waals surface area (Å²) in [5, 5.41) is 14.5. The molecule has 26 heavy (non-hydrogen) atoms. The van der Waals surface area contributed by atoms with E-state index in [1.54, 1.807) is 10.9 Å². The molecule has 2 heterocycles. The van der Waals surface area contributed by atoms with Crippen molar-refractivity contribution < 1.29 is 14.7 Å². The molecule has 1 aromatic rings. The van der Waals surface area contributed by atoms with Crippen LogP contribution in [-0.4, -0.2) is 44.8 Å². The third kappa shape index (κ3) is 3.41. The Balaban J connectivity index is 1.75. The first-order valence-electron chi connectivity index (χ1n) is 9.48. The van der Waals surface area contributed by atoms with Gasteiger partial charge >= 0.3 is 5.97 Å². The summed E-state index contributed by atoms with van der Waals surface area (Å²) in [5.74, 6) is -0.646. The van der Waals surface area contributed by atoms with Crippen LogP contribution in [0, 0.1) is 5.92 Å². The minimum absolute atomic E-state index is 0.0505. The van der Waals surface area contributed by atoms with Crippen LogP contribution in [0.2, 0.25) is 0 Å². The monoisotopic (exact) mass is 359 g/mol. The molecule has 0 spiro atoms. The molecule has 2 aliphatic rings. The van der Waals surface area contributed by atoms with Gasteiger partial charge in [-0.1, -0.05) is 32.9 Å².